The maximum atomic E-state index is 12.1. The topological polar surface area (TPSA) is 87.9 Å². The number of ether oxygens (including phenoxy) is 1. The van der Waals surface area contributed by atoms with Gasteiger partial charge in [0.2, 0.25) is 5.91 Å². The Balaban J connectivity index is 1.65. The number of thioether (sulfide) groups is 1. The summed E-state index contributed by atoms with van der Waals surface area (Å²) >= 11 is 2.80. The summed E-state index contributed by atoms with van der Waals surface area (Å²) < 4.78 is 5.18. The van der Waals surface area contributed by atoms with Crippen molar-refractivity contribution in [2.45, 2.75) is 18.4 Å². The van der Waals surface area contributed by atoms with Gasteiger partial charge in [-0.15, -0.1) is 23.1 Å². The molecule has 0 saturated heterocycles. The second-order valence-corrected chi connectivity index (χ2v) is 7.77. The van der Waals surface area contributed by atoms with E-state index in [9.17, 15) is 10.1 Å². The van der Waals surface area contributed by atoms with Crippen LogP contribution in [0.5, 0.6) is 5.75 Å². The summed E-state index contributed by atoms with van der Waals surface area (Å²) in [6, 6.07) is 13.3. The number of aromatic nitrogens is 2. The molecule has 0 aliphatic heterocycles. The van der Waals surface area contributed by atoms with Crippen LogP contribution in [-0.4, -0.2) is 28.7 Å². The number of nitrogens with one attached hydrogen (secondary N) is 1. The van der Waals surface area contributed by atoms with Gasteiger partial charge in [-0.3, -0.25) is 4.79 Å². The predicted octanol–water partition coefficient (Wildman–Crippen LogP) is 4.51. The molecule has 2 aromatic heterocycles. The van der Waals surface area contributed by atoms with Crippen molar-refractivity contribution in [3.05, 3.63) is 53.0 Å². The van der Waals surface area contributed by atoms with Gasteiger partial charge in [-0.1, -0.05) is 0 Å². The second kappa shape index (κ2) is 9.35. The number of nitrogens with zero attached hydrogens (tertiary/aromatic N) is 3. The molecule has 0 aliphatic carbocycles. The number of rotatable bonds is 7. The number of pyridine rings is 1. The number of aryl methyl sites for hydroxylation is 1. The average molecular weight is 411 g/mol. The first-order valence-corrected chi connectivity index (χ1v) is 10.4. The first-order chi connectivity index (χ1) is 13.6. The lowest BCUT2D eigenvalue weighted by Crippen LogP contribution is -2.12. The Bertz CT molecular complexity index is 1010. The average Bonchev–Trinajstić information content (AvgIpc) is 3.12. The maximum Gasteiger partial charge on any atom is 0.226 e. The molecule has 0 radical (unpaired) electrons. The van der Waals surface area contributed by atoms with Gasteiger partial charge in [0.25, 0.3) is 0 Å². The van der Waals surface area contributed by atoms with Crippen molar-refractivity contribution in [3.63, 3.8) is 0 Å². The highest BCUT2D eigenvalue weighted by Crippen LogP contribution is 2.27. The number of hydrogen-bond donors (Lipinski definition) is 1. The molecule has 2 heterocycles. The van der Waals surface area contributed by atoms with Gasteiger partial charge in [0.05, 0.1) is 24.1 Å². The number of amides is 1. The Kier molecular flexibility index (Phi) is 6.63. The van der Waals surface area contributed by atoms with Crippen LogP contribution in [0.15, 0.2) is 46.8 Å². The van der Waals surface area contributed by atoms with Gasteiger partial charge >= 0.3 is 0 Å². The highest BCUT2D eigenvalue weighted by atomic mass is 32.2. The van der Waals surface area contributed by atoms with Crippen LogP contribution in [0.2, 0.25) is 0 Å². The number of carbonyl (C=O) groups is 1. The monoisotopic (exact) mass is 410 g/mol. The number of hydrogen-bond acceptors (Lipinski definition) is 7. The van der Waals surface area contributed by atoms with Crippen LogP contribution in [0.1, 0.15) is 17.7 Å². The van der Waals surface area contributed by atoms with Crippen LogP contribution in [-0.2, 0) is 4.79 Å². The third-order valence-corrected chi connectivity index (χ3v) is 5.67. The van der Waals surface area contributed by atoms with Crippen molar-refractivity contribution < 1.29 is 9.53 Å². The van der Waals surface area contributed by atoms with Crippen LogP contribution in [0.4, 0.5) is 5.13 Å². The fourth-order valence-electron chi connectivity index (χ4n) is 2.39. The van der Waals surface area contributed by atoms with Gasteiger partial charge in [-0.2, -0.15) is 5.26 Å². The van der Waals surface area contributed by atoms with Crippen LogP contribution in [0.3, 0.4) is 0 Å². The van der Waals surface area contributed by atoms with Crippen molar-refractivity contribution in [2.24, 2.45) is 0 Å². The summed E-state index contributed by atoms with van der Waals surface area (Å²) in [5.74, 6) is 1.18. The number of thiazole rings is 1. The van der Waals surface area contributed by atoms with Crippen molar-refractivity contribution >= 4 is 34.1 Å². The molecule has 1 N–H and O–H groups in total. The molecule has 3 aromatic rings. The van der Waals surface area contributed by atoms with Gasteiger partial charge in [0, 0.05) is 23.1 Å². The van der Waals surface area contributed by atoms with E-state index >= 15 is 0 Å². The van der Waals surface area contributed by atoms with Crippen molar-refractivity contribution in [3.8, 4) is 23.1 Å². The van der Waals surface area contributed by atoms with E-state index in [1.165, 1.54) is 23.1 Å². The summed E-state index contributed by atoms with van der Waals surface area (Å²) in [4.78, 5) is 20.9. The van der Waals surface area contributed by atoms with E-state index in [0.29, 0.717) is 27.9 Å². The molecule has 1 amide bonds. The zero-order valence-corrected chi connectivity index (χ0v) is 17.1. The number of carbonyl (C=O) groups excluding carboxylic acids is 1. The van der Waals surface area contributed by atoms with E-state index in [2.05, 4.69) is 21.4 Å². The highest BCUT2D eigenvalue weighted by molar-refractivity contribution is 7.99. The number of nitriles is 1. The van der Waals surface area contributed by atoms with Crippen LogP contribution < -0.4 is 10.1 Å². The van der Waals surface area contributed by atoms with Crippen LogP contribution >= 0.6 is 23.1 Å². The van der Waals surface area contributed by atoms with Crippen molar-refractivity contribution in [1.82, 2.24) is 9.97 Å². The summed E-state index contributed by atoms with van der Waals surface area (Å²) in [5.41, 5.74) is 3.09. The number of methoxy groups -OCH3 is 1. The number of anilines is 1. The Hall–Kier alpha value is -2.89. The maximum absolute atomic E-state index is 12.1. The molecule has 8 heteroatoms. The minimum absolute atomic E-state index is 0.105. The molecule has 1 aromatic carbocycles. The van der Waals surface area contributed by atoms with E-state index in [1.54, 1.807) is 13.2 Å². The molecule has 0 atom stereocenters. The minimum Gasteiger partial charge on any atom is -0.497 e. The standard InChI is InChI=1S/C20H18N4O2S2/c1-13-12-28-20(22-13)24-18(25)9-10-27-19-15(11-21)5-8-17(23-19)14-3-6-16(26-2)7-4-14/h3-8,12H,9-10H2,1-2H3,(H,22,24,25). The Morgan fingerprint density at radius 3 is 2.68 bits per heavy atom. The van der Waals surface area contributed by atoms with Crippen molar-refractivity contribution in [2.75, 3.05) is 18.2 Å². The molecule has 0 bridgehead atoms. The van der Waals surface area contributed by atoms with E-state index < -0.39 is 0 Å². The zero-order valence-electron chi connectivity index (χ0n) is 15.4. The predicted molar refractivity (Wildman–Crippen MR) is 112 cm³/mol. The molecule has 6 nitrogen and oxygen atoms in total. The van der Waals surface area contributed by atoms with Gasteiger partial charge in [-0.25, -0.2) is 9.97 Å². The van der Waals surface area contributed by atoms with E-state index in [-0.39, 0.29) is 5.91 Å². The molecule has 0 saturated carbocycles. The molecule has 0 spiro atoms. The third-order valence-electron chi connectivity index (χ3n) is 3.80. The van der Waals surface area contributed by atoms with Crippen molar-refractivity contribution in [1.29, 1.82) is 5.26 Å². The van der Waals surface area contributed by atoms with Gasteiger partial charge < -0.3 is 10.1 Å². The van der Waals surface area contributed by atoms with Crippen LogP contribution in [0.25, 0.3) is 11.3 Å². The first-order valence-electron chi connectivity index (χ1n) is 8.49. The summed E-state index contributed by atoms with van der Waals surface area (Å²) in [6.45, 7) is 1.88. The summed E-state index contributed by atoms with van der Waals surface area (Å²) in [7, 11) is 1.62. The molecule has 28 heavy (non-hydrogen) atoms. The van der Waals surface area contributed by atoms with E-state index in [1.807, 2.05) is 42.6 Å². The quantitative estimate of drug-likeness (QED) is 0.577. The zero-order chi connectivity index (χ0) is 19.9. The minimum atomic E-state index is -0.105. The lowest BCUT2D eigenvalue weighted by Gasteiger charge is -2.07. The smallest absolute Gasteiger partial charge is 0.226 e. The van der Waals surface area contributed by atoms with E-state index in [4.69, 9.17) is 4.74 Å². The number of benzene rings is 1. The van der Waals surface area contributed by atoms with Gasteiger partial charge in [0.1, 0.15) is 16.8 Å². The fourth-order valence-corrected chi connectivity index (χ4v) is 4.01. The van der Waals surface area contributed by atoms with Gasteiger partial charge in [-0.05, 0) is 43.3 Å². The SMILES string of the molecule is COc1ccc(-c2ccc(C#N)c(SCCC(=O)Nc3nc(C)cs3)n2)cc1. The molecule has 0 fully saturated rings. The van der Waals surface area contributed by atoms with E-state index in [0.717, 1.165) is 22.7 Å². The molecular weight excluding hydrogens is 392 g/mol. The Morgan fingerprint density at radius 2 is 2.04 bits per heavy atom. The van der Waals surface area contributed by atoms with Crippen LogP contribution in [0, 0.1) is 18.3 Å². The summed E-state index contributed by atoms with van der Waals surface area (Å²) in [5, 5.41) is 15.2. The summed E-state index contributed by atoms with van der Waals surface area (Å²) in [6.07, 6.45) is 0.308. The molecule has 0 unspecified atom stereocenters. The molecule has 3 rings (SSSR count). The second-order valence-electron chi connectivity index (χ2n) is 5.83. The molecule has 0 aliphatic rings. The largest absolute Gasteiger partial charge is 0.497 e. The molecular formula is C20H18N4O2S2. The lowest BCUT2D eigenvalue weighted by molar-refractivity contribution is -0.115. The first kappa shape index (κ1) is 19.9. The Labute approximate surface area is 171 Å². The van der Waals surface area contributed by atoms with Gasteiger partial charge in [0.15, 0.2) is 5.13 Å². The normalized spacial score (nSPS) is 10.3. The highest BCUT2D eigenvalue weighted by Gasteiger charge is 2.10. The molecule has 142 valence electrons. The lowest BCUT2D eigenvalue weighted by atomic mass is 10.1. The Morgan fingerprint density at radius 1 is 1.25 bits per heavy atom. The third kappa shape index (κ3) is 5.09. The fraction of sp³-hybridized carbons (Fsp3) is 0.200.